The lowest BCUT2D eigenvalue weighted by Gasteiger charge is -2.10. The van der Waals surface area contributed by atoms with E-state index in [9.17, 15) is 17.6 Å². The van der Waals surface area contributed by atoms with Crippen molar-refractivity contribution in [2.75, 3.05) is 0 Å². The molecule has 3 nitrogen and oxygen atoms in total. The summed E-state index contributed by atoms with van der Waals surface area (Å²) in [5.74, 6) is -6.41. The highest BCUT2D eigenvalue weighted by Crippen LogP contribution is 2.38. The third kappa shape index (κ3) is 3.50. The van der Waals surface area contributed by atoms with E-state index in [1.54, 1.807) is 18.2 Å². The zero-order chi connectivity index (χ0) is 15.4. The van der Waals surface area contributed by atoms with Crippen LogP contribution in [0.3, 0.4) is 0 Å². The maximum atomic E-state index is 13.8. The highest BCUT2D eigenvalue weighted by Gasteiger charge is 2.27. The van der Waals surface area contributed by atoms with Crippen molar-refractivity contribution in [3.8, 4) is 0 Å². The molecule has 0 aliphatic carbocycles. The first kappa shape index (κ1) is 16.1. The topological polar surface area (TPSA) is 38.7 Å². The molecule has 0 radical (unpaired) electrons. The highest BCUT2D eigenvalue weighted by atomic mass is 32.2. The van der Waals surface area contributed by atoms with Gasteiger partial charge < -0.3 is 0 Å². The van der Waals surface area contributed by atoms with E-state index in [0.717, 1.165) is 0 Å². The lowest BCUT2D eigenvalue weighted by molar-refractivity contribution is -0.432. The summed E-state index contributed by atoms with van der Waals surface area (Å²) in [6.07, 6.45) is 0. The van der Waals surface area contributed by atoms with Crippen LogP contribution in [0.15, 0.2) is 45.0 Å². The molecule has 0 unspecified atom stereocenters. The summed E-state index contributed by atoms with van der Waals surface area (Å²) in [6, 6.07) is 7.97. The van der Waals surface area contributed by atoms with Gasteiger partial charge in [-0.15, -0.1) is 4.33 Å². The average Bonchev–Trinajstić information content (AvgIpc) is 2.51. The number of hydrogen-bond donors (Lipinski definition) is 1. The molecule has 0 fully saturated rings. The van der Waals surface area contributed by atoms with Crippen LogP contribution in [0.5, 0.6) is 0 Å². The summed E-state index contributed by atoms with van der Waals surface area (Å²) < 4.78 is 58.9. The quantitative estimate of drug-likeness (QED) is 0.278. The Labute approximate surface area is 124 Å². The van der Waals surface area contributed by atoms with Crippen molar-refractivity contribution in [1.29, 1.82) is 0 Å². The van der Waals surface area contributed by atoms with Gasteiger partial charge in [-0.1, -0.05) is 35.0 Å². The Morgan fingerprint density at radius 2 is 1.33 bits per heavy atom. The van der Waals surface area contributed by atoms with Crippen molar-refractivity contribution < 1.29 is 32.2 Å². The molecule has 9 heteroatoms. The Morgan fingerprint density at radius 3 is 1.86 bits per heavy atom. The van der Waals surface area contributed by atoms with Crippen LogP contribution in [0.4, 0.5) is 17.6 Å². The molecule has 1 N–H and O–H groups in total. The number of hydrogen-bond acceptors (Lipinski definition) is 5. The lowest BCUT2D eigenvalue weighted by Crippen LogP contribution is -2.02. The van der Waals surface area contributed by atoms with Gasteiger partial charge in [0.15, 0.2) is 23.3 Å². The van der Waals surface area contributed by atoms with Crippen molar-refractivity contribution in [2.24, 2.45) is 0 Å². The Kier molecular flexibility index (Phi) is 5.48. The molecule has 0 saturated heterocycles. The van der Waals surface area contributed by atoms with E-state index >= 15 is 0 Å². The van der Waals surface area contributed by atoms with Gasteiger partial charge >= 0.3 is 0 Å². The maximum Gasteiger partial charge on any atom is 0.179 e. The van der Waals surface area contributed by atoms with E-state index in [0.29, 0.717) is 16.7 Å². The van der Waals surface area contributed by atoms with E-state index < -0.39 is 33.1 Å². The predicted molar refractivity (Wildman–Crippen MR) is 67.5 cm³/mol. The Bertz CT molecular complexity index is 611. The molecule has 0 aliphatic rings. The minimum Gasteiger partial charge on any atom is -0.220 e. The molecule has 2 aromatic carbocycles. The molecule has 0 aliphatic heterocycles. The first-order valence-corrected chi connectivity index (χ1v) is 6.85. The van der Waals surface area contributed by atoms with Gasteiger partial charge in [-0.3, -0.25) is 0 Å². The third-order valence-electron chi connectivity index (χ3n) is 2.29. The molecule has 0 spiro atoms. The molecule has 2 rings (SSSR count). The number of halogens is 4. The Hall–Kier alpha value is -1.26. The van der Waals surface area contributed by atoms with Crippen molar-refractivity contribution in [2.45, 2.75) is 14.7 Å². The van der Waals surface area contributed by atoms with Crippen LogP contribution in [0.2, 0.25) is 0 Å². The van der Waals surface area contributed by atoms with Crippen molar-refractivity contribution >= 4 is 23.8 Å². The van der Waals surface area contributed by atoms with Crippen LogP contribution in [0.1, 0.15) is 0 Å². The van der Waals surface area contributed by atoms with E-state index in [-0.39, 0.29) is 12.0 Å². The van der Waals surface area contributed by atoms with Crippen LogP contribution in [-0.4, -0.2) is 5.26 Å². The SMILES string of the molecule is OOOSc1c(F)c(F)c(Sc2ccccc2)c(F)c1F. The summed E-state index contributed by atoms with van der Waals surface area (Å²) in [5.41, 5.74) is 0. The van der Waals surface area contributed by atoms with Crippen molar-refractivity contribution in [3.05, 3.63) is 53.6 Å². The molecule has 112 valence electrons. The fraction of sp³-hybridized carbons (Fsp3) is 0. The molecule has 0 saturated carbocycles. The summed E-state index contributed by atoms with van der Waals surface area (Å²) >= 11 is 0.347. The number of rotatable bonds is 5. The molecule has 21 heavy (non-hydrogen) atoms. The van der Waals surface area contributed by atoms with Gasteiger partial charge in [-0.05, 0) is 12.1 Å². The maximum absolute atomic E-state index is 13.8. The molecular weight excluding hydrogens is 332 g/mol. The van der Waals surface area contributed by atoms with Crippen LogP contribution in [0, 0.1) is 23.3 Å². The standard InChI is InChI=1S/C12H6F4O3S2/c13-7-9(15)12(21-19-18-17)10(16)8(14)11(7)20-6-4-2-1-3-5-6/h1-5,17H. The lowest BCUT2D eigenvalue weighted by atomic mass is 10.3. The average molecular weight is 338 g/mol. The fourth-order valence-corrected chi connectivity index (χ4v) is 2.72. The van der Waals surface area contributed by atoms with E-state index in [2.05, 4.69) is 9.37 Å². The second kappa shape index (κ2) is 7.14. The highest BCUT2D eigenvalue weighted by molar-refractivity contribution is 7.99. The predicted octanol–water partition coefficient (Wildman–Crippen LogP) is 4.82. The largest absolute Gasteiger partial charge is 0.220 e. The first-order valence-electron chi connectivity index (χ1n) is 5.29. The van der Waals surface area contributed by atoms with Crippen molar-refractivity contribution in [3.63, 3.8) is 0 Å². The van der Waals surface area contributed by atoms with Gasteiger partial charge in [0.2, 0.25) is 0 Å². The molecule has 0 aromatic heterocycles. The van der Waals surface area contributed by atoms with E-state index in [4.69, 9.17) is 5.26 Å². The second-order valence-electron chi connectivity index (χ2n) is 3.56. The normalized spacial score (nSPS) is 10.9. The zero-order valence-electron chi connectivity index (χ0n) is 9.98. The molecule has 0 heterocycles. The van der Waals surface area contributed by atoms with Crippen LogP contribution < -0.4 is 0 Å². The second-order valence-corrected chi connectivity index (χ2v) is 5.35. The van der Waals surface area contributed by atoms with E-state index in [1.807, 2.05) is 0 Å². The van der Waals surface area contributed by atoms with Crippen LogP contribution in [0.25, 0.3) is 0 Å². The first-order chi connectivity index (χ1) is 10.1. The van der Waals surface area contributed by atoms with Gasteiger partial charge in [0.1, 0.15) is 4.90 Å². The summed E-state index contributed by atoms with van der Waals surface area (Å²) in [7, 11) is 0. The van der Waals surface area contributed by atoms with Crippen LogP contribution in [-0.2, 0) is 9.37 Å². The van der Waals surface area contributed by atoms with Gasteiger partial charge in [-0.25, -0.2) is 22.8 Å². The summed E-state index contributed by atoms with van der Waals surface area (Å²) in [5, 5.41) is 11.1. The molecule has 2 aromatic rings. The molecule has 0 atom stereocenters. The van der Waals surface area contributed by atoms with Gasteiger partial charge in [0, 0.05) is 4.90 Å². The Balaban J connectivity index is 2.43. The third-order valence-corrected chi connectivity index (χ3v) is 4.02. The summed E-state index contributed by atoms with van der Waals surface area (Å²) in [4.78, 5) is -1.51. The smallest absolute Gasteiger partial charge is 0.179 e. The van der Waals surface area contributed by atoms with Crippen LogP contribution >= 0.6 is 23.8 Å². The van der Waals surface area contributed by atoms with Gasteiger partial charge in [0.05, 0.1) is 16.9 Å². The fourth-order valence-electron chi connectivity index (χ4n) is 1.41. The zero-order valence-corrected chi connectivity index (χ0v) is 11.6. The minimum atomic E-state index is -1.64. The molecular formula is C12H6F4O3S2. The van der Waals surface area contributed by atoms with E-state index in [1.165, 1.54) is 12.1 Å². The monoisotopic (exact) mass is 338 g/mol. The van der Waals surface area contributed by atoms with Gasteiger partial charge in [0.25, 0.3) is 0 Å². The summed E-state index contributed by atoms with van der Waals surface area (Å²) in [6.45, 7) is 0. The molecule has 0 amide bonds. The minimum absolute atomic E-state index is 0.194. The Morgan fingerprint density at radius 1 is 0.810 bits per heavy atom. The van der Waals surface area contributed by atoms with Crippen molar-refractivity contribution in [1.82, 2.24) is 0 Å². The number of benzene rings is 2. The molecule has 0 bridgehead atoms. The van der Waals surface area contributed by atoms with Gasteiger partial charge in [-0.2, -0.15) is 0 Å².